The van der Waals surface area contributed by atoms with Gasteiger partial charge in [-0.15, -0.1) is 0 Å². The molecule has 2 fully saturated rings. The van der Waals surface area contributed by atoms with E-state index in [1.807, 2.05) is 24.3 Å². The van der Waals surface area contributed by atoms with Gasteiger partial charge < -0.3 is 14.8 Å². The van der Waals surface area contributed by atoms with Crippen LogP contribution in [0.2, 0.25) is 0 Å². The highest BCUT2D eigenvalue weighted by Gasteiger charge is 2.38. The first-order chi connectivity index (χ1) is 14.9. The third-order valence-electron chi connectivity index (χ3n) is 5.73. The van der Waals surface area contributed by atoms with Gasteiger partial charge in [-0.25, -0.2) is 0 Å². The minimum atomic E-state index is -4.00. The van der Waals surface area contributed by atoms with Crippen molar-refractivity contribution >= 4 is 16.1 Å². The molecule has 3 atom stereocenters. The number of nitrogens with one attached hydrogen (secondary N) is 1. The van der Waals surface area contributed by atoms with Crippen molar-refractivity contribution in [1.29, 1.82) is 0 Å². The van der Waals surface area contributed by atoms with Gasteiger partial charge in [0.25, 0.3) is 10.1 Å². The van der Waals surface area contributed by atoms with Crippen molar-refractivity contribution < 1.29 is 27.2 Å². The molecule has 2 aromatic carbocycles. The molecule has 0 unspecified atom stereocenters. The van der Waals surface area contributed by atoms with E-state index in [2.05, 4.69) is 5.32 Å². The molecule has 2 N–H and O–H groups in total. The highest BCUT2D eigenvalue weighted by Crippen LogP contribution is 2.33. The normalized spacial score (nSPS) is 22.6. The maximum atomic E-state index is 12.2. The number of carbonyl (C=O) groups is 1. The summed E-state index contributed by atoms with van der Waals surface area (Å²) >= 11 is 0. The lowest BCUT2D eigenvalue weighted by Gasteiger charge is -2.24. The van der Waals surface area contributed by atoms with Crippen molar-refractivity contribution in [2.75, 3.05) is 7.11 Å². The lowest BCUT2D eigenvalue weighted by atomic mass is 9.85. The molecule has 4 rings (SSSR count). The van der Waals surface area contributed by atoms with E-state index in [9.17, 15) is 13.2 Å². The van der Waals surface area contributed by atoms with Crippen LogP contribution in [0.3, 0.4) is 0 Å². The van der Waals surface area contributed by atoms with Crippen LogP contribution in [0.4, 0.5) is 0 Å². The van der Waals surface area contributed by atoms with Gasteiger partial charge in [0.2, 0.25) is 0 Å². The topological polar surface area (TPSA) is 102 Å². The van der Waals surface area contributed by atoms with Crippen molar-refractivity contribution in [1.82, 2.24) is 5.32 Å². The summed E-state index contributed by atoms with van der Waals surface area (Å²) in [5.41, 5.74) is 0.986. The van der Waals surface area contributed by atoms with E-state index >= 15 is 0 Å². The van der Waals surface area contributed by atoms with Crippen molar-refractivity contribution in [2.24, 2.45) is 5.92 Å². The second kappa shape index (κ2) is 10.7. The Kier molecular flexibility index (Phi) is 8.06. The van der Waals surface area contributed by atoms with Gasteiger partial charge in [-0.2, -0.15) is 8.42 Å². The van der Waals surface area contributed by atoms with Crippen LogP contribution in [0, 0.1) is 5.92 Å². The number of esters is 1. The molecule has 2 aliphatic rings. The van der Waals surface area contributed by atoms with Gasteiger partial charge in [0, 0.05) is 6.04 Å². The smallest absolute Gasteiger partial charge is 0.323 e. The predicted octanol–water partition coefficient (Wildman–Crippen LogP) is 3.59. The van der Waals surface area contributed by atoms with Gasteiger partial charge in [-0.3, -0.25) is 9.35 Å². The van der Waals surface area contributed by atoms with Crippen LogP contribution in [0.1, 0.15) is 37.7 Å². The lowest BCUT2D eigenvalue weighted by Crippen LogP contribution is -2.37. The Morgan fingerprint density at radius 3 is 2.32 bits per heavy atom. The molecule has 1 saturated heterocycles. The molecule has 0 spiro atoms. The Morgan fingerprint density at radius 1 is 1.06 bits per heavy atom. The Morgan fingerprint density at radius 2 is 1.74 bits per heavy atom. The van der Waals surface area contributed by atoms with Crippen molar-refractivity contribution in [2.45, 2.75) is 55.7 Å². The third kappa shape index (κ3) is 6.78. The van der Waals surface area contributed by atoms with Crippen LogP contribution in [0.5, 0.6) is 5.75 Å². The van der Waals surface area contributed by atoms with E-state index in [4.69, 9.17) is 14.0 Å². The van der Waals surface area contributed by atoms with Crippen molar-refractivity contribution in [3.63, 3.8) is 0 Å². The zero-order valence-corrected chi connectivity index (χ0v) is 18.4. The monoisotopic (exact) mass is 447 g/mol. The number of benzene rings is 2. The van der Waals surface area contributed by atoms with Gasteiger partial charge >= 0.3 is 5.97 Å². The van der Waals surface area contributed by atoms with E-state index in [-0.39, 0.29) is 16.9 Å². The Balaban J connectivity index is 0.000000229. The van der Waals surface area contributed by atoms with Crippen molar-refractivity contribution in [3.8, 4) is 5.75 Å². The Labute approximate surface area is 183 Å². The summed E-state index contributed by atoms with van der Waals surface area (Å²) in [6.45, 7) is 0.330. The Bertz CT molecular complexity index is 932. The Hall–Kier alpha value is -2.42. The van der Waals surface area contributed by atoms with Crippen LogP contribution in [0.15, 0.2) is 59.5 Å². The second-order valence-corrected chi connectivity index (χ2v) is 9.27. The molecule has 7 nitrogen and oxygen atoms in total. The highest BCUT2D eigenvalue weighted by atomic mass is 32.2. The van der Waals surface area contributed by atoms with Crippen LogP contribution in [-0.4, -0.2) is 38.1 Å². The zero-order valence-electron chi connectivity index (χ0n) is 17.6. The number of fused-ring (bicyclic) bond motifs is 1. The fourth-order valence-electron chi connectivity index (χ4n) is 4.07. The molecule has 1 saturated carbocycles. The maximum Gasteiger partial charge on any atom is 0.323 e. The molecular formula is C23H29NO6S. The van der Waals surface area contributed by atoms with Gasteiger partial charge in [-0.1, -0.05) is 43.2 Å². The molecule has 1 aliphatic carbocycles. The van der Waals surface area contributed by atoms with E-state index in [1.165, 1.54) is 37.8 Å². The standard InChI is InChI=1S/C17H23NO3.C6H6O3S/c1-20-14-8-6-12(7-9-14)11-21-17(19)16-10-13-4-2-3-5-15(13)18-16;7-10(8,9)6-4-2-1-3-5-6/h6-9,13,15-16,18H,2-5,10-11H2,1H3;1-5H,(H,7,8,9)/t13-,15-,16-;/m0./s1. The molecule has 0 aromatic heterocycles. The summed E-state index contributed by atoms with van der Waals surface area (Å²) in [5, 5.41) is 3.45. The fourth-order valence-corrected chi connectivity index (χ4v) is 4.57. The van der Waals surface area contributed by atoms with Gasteiger partial charge in [-0.05, 0) is 55.0 Å². The largest absolute Gasteiger partial charge is 0.497 e. The number of methoxy groups -OCH3 is 1. The molecule has 8 heteroatoms. The number of rotatable bonds is 5. The molecule has 0 bridgehead atoms. The third-order valence-corrected chi connectivity index (χ3v) is 6.60. The van der Waals surface area contributed by atoms with Crippen LogP contribution in [-0.2, 0) is 26.3 Å². The molecule has 0 radical (unpaired) electrons. The maximum absolute atomic E-state index is 12.2. The number of hydrogen-bond acceptors (Lipinski definition) is 6. The minimum Gasteiger partial charge on any atom is -0.497 e. The number of carbonyl (C=O) groups excluding carboxylic acids is 1. The molecular weight excluding hydrogens is 418 g/mol. The summed E-state index contributed by atoms with van der Waals surface area (Å²) in [6.07, 6.45) is 5.97. The van der Waals surface area contributed by atoms with Crippen molar-refractivity contribution in [3.05, 3.63) is 60.2 Å². The first-order valence-electron chi connectivity index (χ1n) is 10.4. The predicted molar refractivity (Wildman–Crippen MR) is 116 cm³/mol. The quantitative estimate of drug-likeness (QED) is 0.533. The highest BCUT2D eigenvalue weighted by molar-refractivity contribution is 7.85. The van der Waals surface area contributed by atoms with Crippen LogP contribution < -0.4 is 10.1 Å². The van der Waals surface area contributed by atoms with E-state index in [1.54, 1.807) is 25.3 Å². The summed E-state index contributed by atoms with van der Waals surface area (Å²) in [7, 11) is -2.36. The summed E-state index contributed by atoms with van der Waals surface area (Å²) in [5.74, 6) is 1.36. The van der Waals surface area contributed by atoms with Crippen LogP contribution in [0.25, 0.3) is 0 Å². The zero-order chi connectivity index (χ0) is 22.3. The summed E-state index contributed by atoms with van der Waals surface area (Å²) in [6, 6.07) is 15.4. The second-order valence-electron chi connectivity index (χ2n) is 7.85. The molecule has 31 heavy (non-hydrogen) atoms. The fraction of sp³-hybridized carbons (Fsp3) is 0.435. The average molecular weight is 448 g/mol. The summed E-state index contributed by atoms with van der Waals surface area (Å²) < 4.78 is 39.8. The molecule has 0 amide bonds. The number of ether oxygens (including phenoxy) is 2. The molecule has 1 aliphatic heterocycles. The van der Waals surface area contributed by atoms with Gasteiger partial charge in [0.05, 0.1) is 12.0 Å². The van der Waals surface area contributed by atoms with E-state index < -0.39 is 10.1 Å². The molecule has 2 aromatic rings. The molecule has 1 heterocycles. The van der Waals surface area contributed by atoms with E-state index in [0.717, 1.165) is 17.7 Å². The first kappa shape index (κ1) is 23.2. The first-order valence-corrected chi connectivity index (χ1v) is 11.9. The minimum absolute atomic E-state index is 0.0741. The lowest BCUT2D eigenvalue weighted by molar-refractivity contribution is -0.147. The van der Waals surface area contributed by atoms with Gasteiger partial charge in [0.15, 0.2) is 0 Å². The van der Waals surface area contributed by atoms with E-state index in [0.29, 0.717) is 18.6 Å². The summed E-state index contributed by atoms with van der Waals surface area (Å²) in [4.78, 5) is 12.1. The number of hydrogen-bond donors (Lipinski definition) is 2. The molecule has 168 valence electrons. The van der Waals surface area contributed by atoms with Gasteiger partial charge in [0.1, 0.15) is 18.4 Å². The average Bonchev–Trinajstić information content (AvgIpc) is 3.23. The van der Waals surface area contributed by atoms with Crippen LogP contribution >= 0.6 is 0 Å². The SMILES string of the molecule is COc1ccc(COC(=O)[C@@H]2C[C@@H]3CCCC[C@@H]3N2)cc1.O=S(=O)(O)c1ccccc1.